The number of para-hydroxylation sites is 2. The fourth-order valence-electron chi connectivity index (χ4n) is 2.59. The van der Waals surface area contributed by atoms with Crippen LogP contribution < -0.4 is 4.43 Å². The number of aryl methyl sites for hydroxylation is 1. The highest BCUT2D eigenvalue weighted by Gasteiger charge is 2.17. The summed E-state index contributed by atoms with van der Waals surface area (Å²) in [7, 11) is 0.370. The molecule has 0 aliphatic heterocycles. The highest BCUT2D eigenvalue weighted by atomic mass is 28.4. The third-order valence-electron chi connectivity index (χ3n) is 3.67. The lowest BCUT2D eigenvalue weighted by atomic mass is 10.2. The first-order chi connectivity index (χ1) is 11.4. The number of aromatic nitrogens is 2. The van der Waals surface area contributed by atoms with Gasteiger partial charge in [0.05, 0.1) is 23.9 Å². The van der Waals surface area contributed by atoms with Crippen LogP contribution in [0.2, 0.25) is 19.6 Å². The van der Waals surface area contributed by atoms with E-state index in [4.69, 9.17) is 4.43 Å². The van der Waals surface area contributed by atoms with Crippen LogP contribution in [0.5, 0.6) is 5.75 Å². The highest BCUT2D eigenvalue weighted by molar-refractivity contribution is 6.70. The van der Waals surface area contributed by atoms with Crippen LogP contribution in [0.4, 0.5) is 0 Å². The van der Waals surface area contributed by atoms with Crippen molar-refractivity contribution in [2.45, 2.75) is 26.2 Å². The molecular formula is C19H23N3OSi. The molecule has 24 heavy (non-hydrogen) atoms. The molecule has 3 rings (SSSR count). The Labute approximate surface area is 144 Å². The fraction of sp³-hybridized carbons (Fsp3) is 0.263. The molecular weight excluding hydrogens is 314 g/mol. The molecule has 1 heterocycles. The predicted octanol–water partition coefficient (Wildman–Crippen LogP) is 4.41. The molecule has 0 spiro atoms. The first kappa shape index (κ1) is 16.5. The van der Waals surface area contributed by atoms with Crippen LogP contribution in [0.15, 0.2) is 53.8 Å². The van der Waals surface area contributed by atoms with Gasteiger partial charge in [-0.05, 0) is 31.8 Å². The quantitative estimate of drug-likeness (QED) is 0.511. The van der Waals surface area contributed by atoms with Crippen LogP contribution in [-0.4, -0.2) is 24.1 Å². The van der Waals surface area contributed by atoms with Crippen molar-refractivity contribution in [3.05, 3.63) is 59.9 Å². The molecule has 4 nitrogen and oxygen atoms in total. The molecule has 0 saturated carbocycles. The van der Waals surface area contributed by atoms with Crippen molar-refractivity contribution in [3.8, 4) is 5.75 Å². The molecule has 0 N–H and O–H groups in total. The molecule has 0 radical (unpaired) electrons. The SMILES string of the molecule is Cn1cnc2c(/C=N/Cc3ccccc3O[Si](C)(C)C)cccc21. The van der Waals surface area contributed by atoms with E-state index in [-0.39, 0.29) is 0 Å². The van der Waals surface area contributed by atoms with Crippen molar-refractivity contribution in [1.82, 2.24) is 9.55 Å². The minimum absolute atomic E-state index is 0.601. The van der Waals surface area contributed by atoms with E-state index in [9.17, 15) is 0 Å². The highest BCUT2D eigenvalue weighted by Crippen LogP contribution is 2.22. The van der Waals surface area contributed by atoms with E-state index in [1.165, 1.54) is 0 Å². The van der Waals surface area contributed by atoms with Gasteiger partial charge in [0.1, 0.15) is 5.75 Å². The van der Waals surface area contributed by atoms with Crippen molar-refractivity contribution in [1.29, 1.82) is 0 Å². The van der Waals surface area contributed by atoms with Gasteiger partial charge in [0.15, 0.2) is 0 Å². The van der Waals surface area contributed by atoms with Gasteiger partial charge in [-0.1, -0.05) is 30.3 Å². The van der Waals surface area contributed by atoms with Gasteiger partial charge in [-0.3, -0.25) is 4.99 Å². The number of imidazole rings is 1. The summed E-state index contributed by atoms with van der Waals surface area (Å²) in [6.07, 6.45) is 3.74. The molecule has 1 aromatic heterocycles. The number of rotatable bonds is 5. The molecule has 0 aliphatic rings. The Morgan fingerprint density at radius 2 is 1.92 bits per heavy atom. The number of nitrogens with zero attached hydrogens (tertiary/aromatic N) is 3. The van der Waals surface area contributed by atoms with Crippen LogP contribution in [0.25, 0.3) is 11.0 Å². The summed E-state index contributed by atoms with van der Waals surface area (Å²) < 4.78 is 8.18. The summed E-state index contributed by atoms with van der Waals surface area (Å²) >= 11 is 0. The average molecular weight is 337 g/mol. The molecule has 3 aromatic rings. The second-order valence-corrected chi connectivity index (χ2v) is 11.3. The van der Waals surface area contributed by atoms with Crippen molar-refractivity contribution in [3.63, 3.8) is 0 Å². The normalized spacial score (nSPS) is 12.2. The third-order valence-corrected chi connectivity index (χ3v) is 4.50. The summed E-state index contributed by atoms with van der Waals surface area (Å²) in [4.78, 5) is 9.09. The van der Waals surface area contributed by atoms with Crippen LogP contribution in [0, 0.1) is 0 Å². The molecule has 0 fully saturated rings. The van der Waals surface area contributed by atoms with E-state index in [2.05, 4.69) is 41.8 Å². The Morgan fingerprint density at radius 1 is 1.12 bits per heavy atom. The minimum atomic E-state index is -1.63. The van der Waals surface area contributed by atoms with Crippen LogP contribution in [0.1, 0.15) is 11.1 Å². The van der Waals surface area contributed by atoms with Gasteiger partial charge in [-0.15, -0.1) is 0 Å². The minimum Gasteiger partial charge on any atom is -0.544 e. The maximum absolute atomic E-state index is 6.16. The molecule has 2 aromatic carbocycles. The maximum Gasteiger partial charge on any atom is 0.242 e. The summed E-state index contributed by atoms with van der Waals surface area (Å²) in [5, 5.41) is 0. The summed E-state index contributed by atoms with van der Waals surface area (Å²) in [6, 6.07) is 14.3. The summed E-state index contributed by atoms with van der Waals surface area (Å²) in [5.74, 6) is 0.949. The van der Waals surface area contributed by atoms with Gasteiger partial charge in [0, 0.05) is 24.4 Å². The van der Waals surface area contributed by atoms with E-state index in [0.29, 0.717) is 6.54 Å². The zero-order valence-electron chi connectivity index (χ0n) is 14.7. The number of aliphatic imine (C=N–C) groups is 1. The summed E-state index contributed by atoms with van der Waals surface area (Å²) in [5.41, 5.74) is 4.25. The third kappa shape index (κ3) is 3.74. The van der Waals surface area contributed by atoms with Gasteiger partial charge in [0.25, 0.3) is 0 Å². The lowest BCUT2D eigenvalue weighted by molar-refractivity contribution is 0.549. The van der Waals surface area contributed by atoms with E-state index in [1.54, 1.807) is 0 Å². The number of hydrogen-bond acceptors (Lipinski definition) is 3. The molecule has 0 amide bonds. The lowest BCUT2D eigenvalue weighted by Crippen LogP contribution is -2.29. The van der Waals surface area contributed by atoms with Gasteiger partial charge in [-0.2, -0.15) is 0 Å². The zero-order chi connectivity index (χ0) is 17.2. The van der Waals surface area contributed by atoms with E-state index >= 15 is 0 Å². The Kier molecular flexibility index (Phi) is 4.53. The predicted molar refractivity (Wildman–Crippen MR) is 102 cm³/mol. The molecule has 124 valence electrons. The molecule has 0 aliphatic carbocycles. The topological polar surface area (TPSA) is 39.4 Å². The standard InChI is InChI=1S/C19H23N3OSi/c1-22-14-21-19-16(9-7-10-17(19)22)13-20-12-15-8-5-6-11-18(15)23-24(2,3)4/h5-11,13-14H,12H2,1-4H3/b20-13+. The monoisotopic (exact) mass is 337 g/mol. The zero-order valence-corrected chi connectivity index (χ0v) is 15.7. The second-order valence-electron chi connectivity index (χ2n) is 6.86. The van der Waals surface area contributed by atoms with Crippen molar-refractivity contribution in [2.24, 2.45) is 12.0 Å². The fourth-order valence-corrected chi connectivity index (χ4v) is 3.45. The number of hydrogen-bond donors (Lipinski definition) is 0. The van der Waals surface area contributed by atoms with Gasteiger partial charge < -0.3 is 8.99 Å². The van der Waals surface area contributed by atoms with Crippen molar-refractivity contribution < 1.29 is 4.43 Å². The maximum atomic E-state index is 6.16. The largest absolute Gasteiger partial charge is 0.544 e. The Morgan fingerprint density at radius 3 is 2.71 bits per heavy atom. The van der Waals surface area contributed by atoms with Gasteiger partial charge >= 0.3 is 0 Å². The van der Waals surface area contributed by atoms with Crippen LogP contribution >= 0.6 is 0 Å². The van der Waals surface area contributed by atoms with Crippen molar-refractivity contribution in [2.75, 3.05) is 0 Å². The van der Waals surface area contributed by atoms with Crippen LogP contribution in [-0.2, 0) is 13.6 Å². The Balaban J connectivity index is 1.82. The first-order valence-electron chi connectivity index (χ1n) is 8.11. The Bertz CT molecular complexity index is 878. The van der Waals surface area contributed by atoms with E-state index in [0.717, 1.165) is 27.9 Å². The molecule has 0 atom stereocenters. The molecule has 0 unspecified atom stereocenters. The molecule has 0 bridgehead atoms. The first-order valence-corrected chi connectivity index (χ1v) is 11.5. The van der Waals surface area contributed by atoms with E-state index < -0.39 is 8.32 Å². The average Bonchev–Trinajstić information content (AvgIpc) is 2.90. The number of benzene rings is 2. The summed E-state index contributed by atoms with van der Waals surface area (Å²) in [6.45, 7) is 7.17. The molecule has 5 heteroatoms. The number of fused-ring (bicyclic) bond motifs is 1. The van der Waals surface area contributed by atoms with Gasteiger partial charge in [-0.25, -0.2) is 4.98 Å². The van der Waals surface area contributed by atoms with Crippen LogP contribution in [0.3, 0.4) is 0 Å². The van der Waals surface area contributed by atoms with Crippen molar-refractivity contribution >= 4 is 25.6 Å². The second kappa shape index (κ2) is 6.61. The smallest absolute Gasteiger partial charge is 0.242 e. The van der Waals surface area contributed by atoms with Gasteiger partial charge in [0.2, 0.25) is 8.32 Å². The Hall–Kier alpha value is -2.40. The van der Waals surface area contributed by atoms with E-state index in [1.807, 2.05) is 54.5 Å². The lowest BCUT2D eigenvalue weighted by Gasteiger charge is -2.21. The molecule has 0 saturated heterocycles.